The number of hydrogen-bond donors (Lipinski definition) is 1. The average Bonchev–Trinajstić information content (AvgIpc) is 2.48. The Morgan fingerprint density at radius 3 is 2.74 bits per heavy atom. The summed E-state index contributed by atoms with van der Waals surface area (Å²) in [5.41, 5.74) is 2.66. The van der Waals surface area contributed by atoms with Gasteiger partial charge in [-0.1, -0.05) is 31.2 Å². The maximum atomic E-state index is 4.46. The number of likely N-dealkylation sites (tertiary alicyclic amines) is 1. The largest absolute Gasteiger partial charge is 0.352 e. The number of aliphatic imine (C=N–C) groups is 1. The van der Waals surface area contributed by atoms with Crippen molar-refractivity contribution < 1.29 is 0 Å². The van der Waals surface area contributed by atoms with E-state index in [1.165, 1.54) is 24.0 Å². The number of hydrogen-bond acceptors (Lipinski definition) is 2. The summed E-state index contributed by atoms with van der Waals surface area (Å²) in [5, 5.41) is 3.52. The van der Waals surface area contributed by atoms with Gasteiger partial charge in [0, 0.05) is 33.2 Å². The van der Waals surface area contributed by atoms with Crippen LogP contribution < -0.4 is 5.32 Å². The third-order valence-electron chi connectivity index (χ3n) is 4.11. The Hall–Kier alpha value is -0.820. The number of rotatable bonds is 4. The van der Waals surface area contributed by atoms with E-state index in [1.54, 1.807) is 0 Å². The Morgan fingerprint density at radius 2 is 2.09 bits per heavy atom. The quantitative estimate of drug-likeness (QED) is 0.452. The maximum Gasteiger partial charge on any atom is 0.193 e. The van der Waals surface area contributed by atoms with Gasteiger partial charge in [-0.2, -0.15) is 0 Å². The molecule has 2 rings (SSSR count). The number of piperidine rings is 1. The van der Waals surface area contributed by atoms with Crippen molar-refractivity contribution in [3.8, 4) is 0 Å². The molecule has 130 valence electrons. The fourth-order valence-electron chi connectivity index (χ4n) is 3.10. The summed E-state index contributed by atoms with van der Waals surface area (Å²) in [6, 6.07) is 8.78. The first-order chi connectivity index (χ1) is 10.6. The predicted molar refractivity (Wildman–Crippen MR) is 109 cm³/mol. The van der Waals surface area contributed by atoms with Gasteiger partial charge in [-0.05, 0) is 44.0 Å². The predicted octanol–water partition coefficient (Wildman–Crippen LogP) is 3.17. The van der Waals surface area contributed by atoms with Gasteiger partial charge in [-0.3, -0.25) is 4.99 Å². The van der Waals surface area contributed by atoms with Crippen LogP contribution in [-0.2, 0) is 13.1 Å². The fourth-order valence-corrected chi connectivity index (χ4v) is 3.10. The number of halogens is 1. The Bertz CT molecular complexity index is 502. The van der Waals surface area contributed by atoms with Crippen LogP contribution in [0.2, 0.25) is 0 Å². The first-order valence-electron chi connectivity index (χ1n) is 8.26. The fraction of sp³-hybridized carbons (Fsp3) is 0.611. The van der Waals surface area contributed by atoms with Crippen molar-refractivity contribution in [2.45, 2.75) is 32.9 Å². The lowest BCUT2D eigenvalue weighted by atomic mass is 10.0. The lowest BCUT2D eigenvalue weighted by molar-refractivity contribution is 0.266. The summed E-state index contributed by atoms with van der Waals surface area (Å²) in [6.45, 7) is 6.36. The van der Waals surface area contributed by atoms with Gasteiger partial charge in [-0.25, -0.2) is 0 Å². The Labute approximate surface area is 158 Å². The third-order valence-corrected chi connectivity index (χ3v) is 4.11. The van der Waals surface area contributed by atoms with E-state index in [2.05, 4.69) is 65.4 Å². The molecular formula is C18H31IN4. The molecule has 0 aliphatic carbocycles. The van der Waals surface area contributed by atoms with E-state index in [9.17, 15) is 0 Å². The van der Waals surface area contributed by atoms with Crippen molar-refractivity contribution in [1.29, 1.82) is 0 Å². The normalized spacial score (nSPS) is 18.7. The smallest absolute Gasteiger partial charge is 0.193 e. The van der Waals surface area contributed by atoms with Crippen molar-refractivity contribution >= 4 is 29.9 Å². The van der Waals surface area contributed by atoms with Gasteiger partial charge in [-0.15, -0.1) is 24.0 Å². The van der Waals surface area contributed by atoms with E-state index in [1.807, 2.05) is 7.05 Å². The molecule has 0 saturated carbocycles. The van der Waals surface area contributed by atoms with E-state index in [4.69, 9.17) is 0 Å². The Kier molecular flexibility index (Phi) is 8.91. The lowest BCUT2D eigenvalue weighted by Crippen LogP contribution is -2.45. The zero-order valence-corrected chi connectivity index (χ0v) is 17.2. The van der Waals surface area contributed by atoms with E-state index < -0.39 is 0 Å². The molecule has 0 spiro atoms. The topological polar surface area (TPSA) is 30.9 Å². The number of benzene rings is 1. The molecule has 0 amide bonds. The van der Waals surface area contributed by atoms with Gasteiger partial charge in [0.1, 0.15) is 0 Å². The first kappa shape index (κ1) is 20.2. The van der Waals surface area contributed by atoms with Crippen LogP contribution in [0.1, 0.15) is 30.9 Å². The van der Waals surface area contributed by atoms with E-state index in [0.717, 1.165) is 38.1 Å². The van der Waals surface area contributed by atoms with Crippen LogP contribution >= 0.6 is 24.0 Å². The van der Waals surface area contributed by atoms with Crippen molar-refractivity contribution in [2.24, 2.45) is 10.9 Å². The molecular weight excluding hydrogens is 399 g/mol. The minimum absolute atomic E-state index is 0. The van der Waals surface area contributed by atoms with Crippen LogP contribution in [0.4, 0.5) is 0 Å². The second-order valence-corrected chi connectivity index (χ2v) is 6.65. The molecule has 1 heterocycles. The van der Waals surface area contributed by atoms with Crippen LogP contribution in [0.25, 0.3) is 0 Å². The first-order valence-corrected chi connectivity index (χ1v) is 8.26. The summed E-state index contributed by atoms with van der Waals surface area (Å²) >= 11 is 0. The average molecular weight is 430 g/mol. The molecule has 23 heavy (non-hydrogen) atoms. The number of nitrogens with zero attached hydrogens (tertiary/aromatic N) is 3. The lowest BCUT2D eigenvalue weighted by Gasteiger charge is -2.33. The van der Waals surface area contributed by atoms with Crippen molar-refractivity contribution in [2.75, 3.05) is 34.2 Å². The van der Waals surface area contributed by atoms with Crippen LogP contribution in [0.15, 0.2) is 29.3 Å². The van der Waals surface area contributed by atoms with E-state index >= 15 is 0 Å². The number of nitrogens with one attached hydrogen (secondary N) is 1. The molecule has 1 N–H and O–H groups in total. The van der Waals surface area contributed by atoms with Crippen LogP contribution in [0.3, 0.4) is 0 Å². The number of guanidine groups is 1. The standard InChI is InChI=1S/C18H30N4.HI/c1-15-7-6-10-22(13-15)18(19-2)20-12-16-8-5-9-17(11-16)14-21(3)4;/h5,8-9,11,15H,6-7,10,12-14H2,1-4H3,(H,19,20);1H. The zero-order chi connectivity index (χ0) is 15.9. The highest BCUT2D eigenvalue weighted by atomic mass is 127. The van der Waals surface area contributed by atoms with E-state index in [-0.39, 0.29) is 24.0 Å². The minimum Gasteiger partial charge on any atom is -0.352 e. The molecule has 1 aromatic carbocycles. The molecule has 1 aromatic rings. The molecule has 1 saturated heterocycles. The molecule has 1 unspecified atom stereocenters. The van der Waals surface area contributed by atoms with Gasteiger partial charge in [0.25, 0.3) is 0 Å². The van der Waals surface area contributed by atoms with E-state index in [0.29, 0.717) is 0 Å². The van der Waals surface area contributed by atoms with Crippen molar-refractivity contribution in [3.63, 3.8) is 0 Å². The molecule has 4 nitrogen and oxygen atoms in total. The highest BCUT2D eigenvalue weighted by molar-refractivity contribution is 14.0. The molecule has 0 radical (unpaired) electrons. The zero-order valence-electron chi connectivity index (χ0n) is 14.9. The summed E-state index contributed by atoms with van der Waals surface area (Å²) in [7, 11) is 6.08. The van der Waals surface area contributed by atoms with Gasteiger partial charge >= 0.3 is 0 Å². The molecule has 1 aliphatic rings. The Morgan fingerprint density at radius 1 is 1.35 bits per heavy atom. The SMILES string of the molecule is CN=C(NCc1cccc(CN(C)C)c1)N1CCCC(C)C1.I. The van der Waals surface area contributed by atoms with Crippen molar-refractivity contribution in [1.82, 2.24) is 15.1 Å². The second-order valence-electron chi connectivity index (χ2n) is 6.65. The molecule has 0 bridgehead atoms. The van der Waals surface area contributed by atoms with Crippen LogP contribution in [0, 0.1) is 5.92 Å². The van der Waals surface area contributed by atoms with Gasteiger partial charge < -0.3 is 15.1 Å². The van der Waals surface area contributed by atoms with Crippen LogP contribution in [-0.4, -0.2) is 50.0 Å². The summed E-state index contributed by atoms with van der Waals surface area (Å²) in [4.78, 5) is 9.04. The van der Waals surface area contributed by atoms with Gasteiger partial charge in [0.2, 0.25) is 0 Å². The van der Waals surface area contributed by atoms with Crippen LogP contribution in [0.5, 0.6) is 0 Å². The minimum atomic E-state index is 0. The molecule has 5 heteroatoms. The Balaban J connectivity index is 0.00000264. The van der Waals surface area contributed by atoms with Gasteiger partial charge in [0.05, 0.1) is 0 Å². The van der Waals surface area contributed by atoms with Crippen molar-refractivity contribution in [3.05, 3.63) is 35.4 Å². The highest BCUT2D eigenvalue weighted by Crippen LogP contribution is 2.15. The summed E-state index contributed by atoms with van der Waals surface area (Å²) in [5.74, 6) is 1.79. The molecule has 0 aromatic heterocycles. The van der Waals surface area contributed by atoms with Gasteiger partial charge in [0.15, 0.2) is 5.96 Å². The maximum absolute atomic E-state index is 4.46. The molecule has 1 fully saturated rings. The highest BCUT2D eigenvalue weighted by Gasteiger charge is 2.18. The monoisotopic (exact) mass is 430 g/mol. The summed E-state index contributed by atoms with van der Waals surface area (Å²) in [6.07, 6.45) is 2.60. The molecule has 1 atom stereocenters. The summed E-state index contributed by atoms with van der Waals surface area (Å²) < 4.78 is 0. The third kappa shape index (κ3) is 6.67. The molecule has 1 aliphatic heterocycles. The second kappa shape index (κ2) is 10.1.